The highest BCUT2D eigenvalue weighted by Gasteiger charge is 2.52. The number of fused-ring (bicyclic) bond motifs is 18. The first kappa shape index (κ1) is 39.8. The number of benzene rings is 11. The zero-order chi connectivity index (χ0) is 46.7. The van der Waals surface area contributed by atoms with E-state index in [1.165, 1.54) is 44.5 Å². The van der Waals surface area contributed by atoms with Crippen LogP contribution in [0.4, 0.5) is 17.1 Å². The Labute approximate surface area is 413 Å². The van der Waals surface area contributed by atoms with E-state index in [0.29, 0.717) is 0 Å². The molecular weight excluding hydrogens is 863 g/mol. The Hall–Kier alpha value is -9.18. The zero-order valence-electron chi connectivity index (χ0n) is 38.6. The van der Waals surface area contributed by atoms with Crippen LogP contribution in [0.1, 0.15) is 44.5 Å². The Bertz CT molecular complexity index is 3890. The number of hydrogen-bond acceptors (Lipinski definition) is 3. The number of para-hydroxylation sites is 5. The van der Waals surface area contributed by atoms with Gasteiger partial charge in [-0.25, -0.2) is 0 Å². The van der Waals surface area contributed by atoms with E-state index in [4.69, 9.17) is 9.47 Å². The maximum Gasteiger partial charge on any atom is 0.132 e. The molecule has 0 atom stereocenters. The summed E-state index contributed by atoms with van der Waals surface area (Å²) in [7, 11) is 0. The summed E-state index contributed by atoms with van der Waals surface area (Å²) in [5.74, 6) is 3.54. The molecule has 71 heavy (non-hydrogen) atoms. The highest BCUT2D eigenvalue weighted by atomic mass is 16.5. The molecule has 3 heteroatoms. The SMILES string of the molecule is c1ccc(-c2ccccc2N(c2cccc(-c3ccc4c(c3)C3(c5ccccc5Oc5ccccc53)c3ccccc3-4)c2)c2ccc3c(c2)C2(c4ccccc4Oc4ccccc42)c2ccccc2-3)cc1. The molecule has 0 radical (unpaired) electrons. The van der Waals surface area contributed by atoms with E-state index >= 15 is 0 Å². The first-order valence-corrected chi connectivity index (χ1v) is 24.5. The highest BCUT2D eigenvalue weighted by molar-refractivity contribution is 5.95. The third-order valence-electron chi connectivity index (χ3n) is 15.6. The van der Waals surface area contributed by atoms with Gasteiger partial charge in [0.05, 0.1) is 16.5 Å². The molecule has 0 saturated heterocycles. The van der Waals surface area contributed by atoms with Gasteiger partial charge < -0.3 is 14.4 Å². The minimum absolute atomic E-state index is 0.564. The third kappa shape index (κ3) is 5.49. The summed E-state index contributed by atoms with van der Waals surface area (Å²) < 4.78 is 13.4. The average molecular weight is 906 g/mol. The van der Waals surface area contributed by atoms with Gasteiger partial charge in [0.1, 0.15) is 23.0 Å². The van der Waals surface area contributed by atoms with E-state index in [9.17, 15) is 0 Å². The molecule has 2 spiro atoms. The molecule has 0 aromatic heterocycles. The van der Waals surface area contributed by atoms with Gasteiger partial charge in [-0.3, -0.25) is 0 Å². The van der Waals surface area contributed by atoms with E-state index in [1.807, 2.05) is 0 Å². The molecule has 3 nitrogen and oxygen atoms in total. The molecule has 2 aliphatic heterocycles. The maximum absolute atomic E-state index is 6.73. The lowest BCUT2D eigenvalue weighted by molar-refractivity contribution is 0.436. The molecule has 11 aromatic rings. The van der Waals surface area contributed by atoms with Gasteiger partial charge in [-0.15, -0.1) is 0 Å². The van der Waals surface area contributed by atoms with Crippen molar-refractivity contribution in [3.8, 4) is 67.5 Å². The molecule has 15 rings (SSSR count). The van der Waals surface area contributed by atoms with Crippen LogP contribution in [-0.4, -0.2) is 0 Å². The fourth-order valence-corrected chi connectivity index (χ4v) is 12.8. The van der Waals surface area contributed by atoms with Crippen LogP contribution in [0.25, 0.3) is 44.5 Å². The van der Waals surface area contributed by atoms with E-state index in [2.05, 4.69) is 266 Å². The van der Waals surface area contributed by atoms with Crippen molar-refractivity contribution in [3.05, 3.63) is 305 Å². The Balaban J connectivity index is 0.958. The lowest BCUT2D eigenvalue weighted by atomic mass is 9.66. The van der Waals surface area contributed by atoms with Crippen molar-refractivity contribution in [1.29, 1.82) is 0 Å². The van der Waals surface area contributed by atoms with E-state index in [-0.39, 0.29) is 0 Å². The first-order valence-electron chi connectivity index (χ1n) is 24.5. The van der Waals surface area contributed by atoms with Gasteiger partial charge in [0.2, 0.25) is 0 Å². The fraction of sp³-hybridized carbons (Fsp3) is 0.0294. The van der Waals surface area contributed by atoms with Crippen LogP contribution in [-0.2, 0) is 10.8 Å². The maximum atomic E-state index is 6.73. The predicted octanol–water partition coefficient (Wildman–Crippen LogP) is 17.4. The van der Waals surface area contributed by atoms with Crippen molar-refractivity contribution in [2.75, 3.05) is 4.90 Å². The molecule has 332 valence electrons. The van der Waals surface area contributed by atoms with Crippen molar-refractivity contribution in [2.45, 2.75) is 10.8 Å². The van der Waals surface area contributed by atoms with Crippen LogP contribution in [0, 0.1) is 0 Å². The molecule has 0 amide bonds. The monoisotopic (exact) mass is 905 g/mol. The Morgan fingerprint density at radius 2 is 0.634 bits per heavy atom. The van der Waals surface area contributed by atoms with Crippen LogP contribution in [0.3, 0.4) is 0 Å². The van der Waals surface area contributed by atoms with Crippen molar-refractivity contribution in [2.24, 2.45) is 0 Å². The Morgan fingerprint density at radius 1 is 0.239 bits per heavy atom. The van der Waals surface area contributed by atoms with Gasteiger partial charge in [-0.05, 0) is 122 Å². The van der Waals surface area contributed by atoms with E-state index in [1.54, 1.807) is 0 Å². The largest absolute Gasteiger partial charge is 0.457 e. The molecule has 0 bridgehead atoms. The summed E-state index contributed by atoms with van der Waals surface area (Å²) >= 11 is 0. The molecule has 0 unspecified atom stereocenters. The number of rotatable bonds is 5. The minimum Gasteiger partial charge on any atom is -0.457 e. The Morgan fingerprint density at radius 3 is 1.20 bits per heavy atom. The second-order valence-electron chi connectivity index (χ2n) is 19.0. The zero-order valence-corrected chi connectivity index (χ0v) is 38.6. The predicted molar refractivity (Wildman–Crippen MR) is 287 cm³/mol. The second kappa shape index (κ2) is 15.2. The summed E-state index contributed by atoms with van der Waals surface area (Å²) in [5, 5.41) is 0. The normalized spacial score (nSPS) is 14.1. The molecule has 0 saturated carbocycles. The molecule has 11 aromatic carbocycles. The van der Waals surface area contributed by atoms with Crippen molar-refractivity contribution >= 4 is 17.1 Å². The summed E-state index contributed by atoms with van der Waals surface area (Å²) in [6.07, 6.45) is 0. The summed E-state index contributed by atoms with van der Waals surface area (Å²) in [4.78, 5) is 2.47. The van der Waals surface area contributed by atoms with E-state index in [0.717, 1.165) is 84.6 Å². The summed E-state index contributed by atoms with van der Waals surface area (Å²) in [6, 6.07) is 95.2. The van der Waals surface area contributed by atoms with Gasteiger partial charge >= 0.3 is 0 Å². The highest BCUT2D eigenvalue weighted by Crippen LogP contribution is 2.64. The minimum atomic E-state index is -0.612. The van der Waals surface area contributed by atoms with Crippen LogP contribution in [0.2, 0.25) is 0 Å². The smallest absolute Gasteiger partial charge is 0.132 e. The van der Waals surface area contributed by atoms with Gasteiger partial charge in [-0.2, -0.15) is 0 Å². The Kier molecular flexibility index (Phi) is 8.49. The molecule has 0 fully saturated rings. The van der Waals surface area contributed by atoms with Crippen molar-refractivity contribution < 1.29 is 9.47 Å². The number of anilines is 3. The second-order valence-corrected chi connectivity index (χ2v) is 19.0. The van der Waals surface area contributed by atoms with Crippen molar-refractivity contribution in [1.82, 2.24) is 0 Å². The van der Waals surface area contributed by atoms with Gasteiger partial charge in [0, 0.05) is 39.2 Å². The lowest BCUT2D eigenvalue weighted by Crippen LogP contribution is -2.32. The quantitative estimate of drug-likeness (QED) is 0.172. The van der Waals surface area contributed by atoms with Crippen LogP contribution in [0.5, 0.6) is 23.0 Å². The van der Waals surface area contributed by atoms with Gasteiger partial charge in [0.15, 0.2) is 0 Å². The first-order chi connectivity index (χ1) is 35.2. The van der Waals surface area contributed by atoms with E-state index < -0.39 is 10.8 Å². The fourth-order valence-electron chi connectivity index (χ4n) is 12.8. The summed E-state index contributed by atoms with van der Waals surface area (Å²) in [5.41, 5.74) is 21.2. The average Bonchev–Trinajstić information content (AvgIpc) is 3.90. The van der Waals surface area contributed by atoms with Gasteiger partial charge in [0.25, 0.3) is 0 Å². The molecule has 2 aliphatic carbocycles. The standard InChI is InChI=1S/C68H43NO2/c1-2-19-44(20-3-1)49-23-6-13-32-62(49)69(48-38-40-53-51-25-5-8-27-55(51)68(61(53)43-48)58-30-11-16-35-65(58)71-66-36-17-12-31-59(66)68)47-22-18-21-45(41-47)46-37-39-52-50-24-4-7-26-54(50)67(60(52)42-46)56-28-9-14-33-63(56)70-64-34-15-10-29-57(64)67/h1-43H. The van der Waals surface area contributed by atoms with Gasteiger partial charge in [-0.1, -0.05) is 200 Å². The molecular formula is C68H43NO2. The van der Waals surface area contributed by atoms with Crippen LogP contribution in [0.15, 0.2) is 261 Å². The topological polar surface area (TPSA) is 21.7 Å². The third-order valence-corrected chi connectivity index (χ3v) is 15.6. The number of ether oxygens (including phenoxy) is 2. The van der Waals surface area contributed by atoms with Crippen LogP contribution >= 0.6 is 0 Å². The van der Waals surface area contributed by atoms with Crippen LogP contribution < -0.4 is 14.4 Å². The molecule has 4 aliphatic rings. The summed E-state index contributed by atoms with van der Waals surface area (Å²) in [6.45, 7) is 0. The molecule has 0 N–H and O–H groups in total. The van der Waals surface area contributed by atoms with Crippen molar-refractivity contribution in [3.63, 3.8) is 0 Å². The number of hydrogen-bond donors (Lipinski definition) is 0. The number of nitrogens with zero attached hydrogens (tertiary/aromatic N) is 1. The lowest BCUT2D eigenvalue weighted by Gasteiger charge is -2.39. The molecule has 2 heterocycles.